The molecule has 0 aromatic heterocycles. The Morgan fingerprint density at radius 3 is 0.777 bits per heavy atom. The predicted molar refractivity (Wildman–Crippen MR) is 467 cm³/mol. The molecule has 0 amide bonds. The van der Waals surface area contributed by atoms with Gasteiger partial charge in [-0.25, -0.2) is 4.39 Å². The molecule has 0 saturated heterocycles. The van der Waals surface area contributed by atoms with Gasteiger partial charge in [-0.2, -0.15) is 0 Å². The molecule has 5 unspecified atom stereocenters. The third-order valence-corrected chi connectivity index (χ3v) is 26.6. The van der Waals surface area contributed by atoms with E-state index in [2.05, 4.69) is 151 Å². The zero-order valence-corrected chi connectivity index (χ0v) is 73.9. The molecule has 12 heteroatoms. The van der Waals surface area contributed by atoms with Crippen molar-refractivity contribution in [2.75, 3.05) is 19.9 Å². The second-order valence-corrected chi connectivity index (χ2v) is 38.4. The highest BCUT2D eigenvalue weighted by Gasteiger charge is 2.39. The smallest absolute Gasteiger partial charge is 0.123 e. The molecule has 11 nitrogen and oxygen atoms in total. The zero-order valence-electron chi connectivity index (χ0n) is 73.9. The van der Waals surface area contributed by atoms with E-state index in [0.29, 0.717) is 70.1 Å². The molecule has 0 bridgehead atoms. The van der Waals surface area contributed by atoms with Crippen LogP contribution in [0, 0.1) is 47.3 Å². The Kier molecular flexibility index (Phi) is 38.8. The number of aromatic hydroxyl groups is 8. The van der Waals surface area contributed by atoms with E-state index in [4.69, 9.17) is 0 Å². The Morgan fingerprint density at radius 2 is 0.562 bits per heavy atom. The number of rotatable bonds is 35. The summed E-state index contributed by atoms with van der Waals surface area (Å²) in [4.78, 5) is 0. The maximum absolute atomic E-state index is 13.3. The van der Waals surface area contributed by atoms with Crippen LogP contribution in [0.4, 0.5) is 4.39 Å². The summed E-state index contributed by atoms with van der Waals surface area (Å²) in [5, 5.41) is 117. The normalized spacial score (nSPS) is 21.1. The van der Waals surface area contributed by atoms with Crippen LogP contribution in [-0.4, -0.2) is 82.2 Å². The number of aliphatic hydroxyl groups is 3. The molecular weight excluding hydrogens is 1400 g/mol. The molecule has 8 rings (SSSR count). The summed E-state index contributed by atoms with van der Waals surface area (Å²) in [7, 11) is 0. The molecule has 4 aliphatic carbocycles. The van der Waals surface area contributed by atoms with Crippen molar-refractivity contribution in [3.63, 3.8) is 0 Å². The van der Waals surface area contributed by atoms with Crippen molar-refractivity contribution < 1.29 is 60.6 Å². The van der Waals surface area contributed by atoms with E-state index >= 15 is 0 Å². The Hall–Kier alpha value is -5.95. The first-order valence-corrected chi connectivity index (χ1v) is 44.2. The van der Waals surface area contributed by atoms with Gasteiger partial charge in [-0.1, -0.05) is 266 Å². The number of phenolic OH excluding ortho intramolecular Hbond substituents is 8. The minimum Gasteiger partial charge on any atom is -0.507 e. The van der Waals surface area contributed by atoms with E-state index in [9.17, 15) is 60.6 Å². The Labute approximate surface area is 679 Å². The molecule has 0 fully saturated rings. The molecule has 0 saturated carbocycles. The molecule has 0 heterocycles. The van der Waals surface area contributed by atoms with Gasteiger partial charge in [0.25, 0.3) is 0 Å². The highest BCUT2D eigenvalue weighted by molar-refractivity contribution is 5.56. The average molecular weight is 1560 g/mol. The summed E-state index contributed by atoms with van der Waals surface area (Å²) >= 11 is 0. The van der Waals surface area contributed by atoms with Gasteiger partial charge in [0.05, 0.1) is 19.3 Å². The van der Waals surface area contributed by atoms with E-state index in [1.807, 2.05) is 67.6 Å². The van der Waals surface area contributed by atoms with Crippen LogP contribution in [0.25, 0.3) is 0 Å². The maximum atomic E-state index is 13.3. The third-order valence-electron chi connectivity index (χ3n) is 26.6. The van der Waals surface area contributed by atoms with Crippen LogP contribution < -0.4 is 0 Å². The molecule has 9 atom stereocenters. The van der Waals surface area contributed by atoms with Crippen LogP contribution >= 0.6 is 0 Å². The van der Waals surface area contributed by atoms with Crippen LogP contribution in [0.2, 0.25) is 0 Å². The van der Waals surface area contributed by atoms with Crippen LogP contribution in [-0.2, 0) is 21.7 Å². The van der Waals surface area contributed by atoms with Crippen LogP contribution in [0.5, 0.6) is 46.0 Å². The standard InChI is InChI=1S/C25H39FO2.3C25H40O3/c1-6-7-8-9-12-25(4,5)19-14-22(27)24(23(28)15-19)21-13-18(16-26)10-11-20(21)17(2)3;1-7-8-9-10-11-25(5,6)18-13-22(27)24(23(28)14-18)20-12-17(4)21(26)15-19(20)16(2)3;2*1-6-7-8-9-12-25(4,5)19-14-22(27)24(23(28)15-19)21-13-18(16-26)10-11-20(21)17(2)3/h13-15,17,20-21,27-28H,6-12,16H2,1-5H3;12-14,16,19-21,26-28H,7-11,15H2,1-6H3;2*13-15,17,20-21,26-28H,6-12,16H2,1-5H3/t20-,21?;19-,20?,21?;2*20-,21?/m0000/s1. The molecule has 0 aliphatic heterocycles. The molecule has 0 radical (unpaired) electrons. The van der Waals surface area contributed by atoms with Gasteiger partial charge >= 0.3 is 0 Å². The first-order valence-electron chi connectivity index (χ1n) is 44.2. The van der Waals surface area contributed by atoms with E-state index < -0.39 is 12.8 Å². The molecule has 4 aromatic carbocycles. The predicted octanol–water partition coefficient (Wildman–Crippen LogP) is 26.6. The summed E-state index contributed by atoms with van der Waals surface area (Å²) in [6, 6.07) is 14.8. The fraction of sp³-hybridized carbons (Fsp3) is 0.680. The number of allylic oxidation sites excluding steroid dienone is 5. The lowest BCUT2D eigenvalue weighted by molar-refractivity contribution is 0.139. The lowest BCUT2D eigenvalue weighted by Gasteiger charge is -2.36. The van der Waals surface area contributed by atoms with Crippen LogP contribution in [0.1, 0.15) is 387 Å². The third kappa shape index (κ3) is 26.8. The van der Waals surface area contributed by atoms with E-state index in [1.165, 1.54) is 77.0 Å². The Bertz CT molecular complexity index is 3140. The van der Waals surface area contributed by atoms with Crippen molar-refractivity contribution in [1.82, 2.24) is 0 Å². The first-order chi connectivity index (χ1) is 52.7. The highest BCUT2D eigenvalue weighted by atomic mass is 19.1. The molecule has 4 aromatic rings. The summed E-state index contributed by atoms with van der Waals surface area (Å²) in [5.74, 6) is 3.83. The number of hydrogen-bond donors (Lipinski definition) is 11. The Morgan fingerprint density at radius 1 is 0.339 bits per heavy atom. The monoisotopic (exact) mass is 1560 g/mol. The summed E-state index contributed by atoms with van der Waals surface area (Å²) < 4.78 is 13.3. The second-order valence-electron chi connectivity index (χ2n) is 38.4. The van der Waals surface area contributed by atoms with Gasteiger partial charge in [0.2, 0.25) is 0 Å². The number of halogens is 1. The van der Waals surface area contributed by atoms with E-state index in [-0.39, 0.29) is 110 Å². The number of hydrogen-bond acceptors (Lipinski definition) is 11. The van der Waals surface area contributed by atoms with Gasteiger partial charge in [0.15, 0.2) is 0 Å². The van der Waals surface area contributed by atoms with Gasteiger partial charge in [-0.15, -0.1) is 0 Å². The van der Waals surface area contributed by atoms with E-state index in [0.717, 1.165) is 134 Å². The van der Waals surface area contributed by atoms with E-state index in [1.54, 1.807) is 0 Å². The number of phenols is 8. The van der Waals surface area contributed by atoms with Crippen molar-refractivity contribution >= 4 is 0 Å². The SMILES string of the molecule is CCCCCCC(C)(C)c1cc(O)c(C2C=C(C)C(O)C[C@H]2C(C)C)c(O)c1.CCCCCCC(C)(C)c1cc(O)c(C2C=C(CF)CC[C@H]2C(C)C)c(O)c1.CCCCCCC(C)(C)c1cc(O)c(C2C=C(CO)CC[C@H]2C(C)C)c(O)c1.CCCCCCC(C)(C)c1cc(O)c(C2C=C(CO)CC[C@H]2C(C)C)c(O)c1. The van der Waals surface area contributed by atoms with Gasteiger partial charge in [0.1, 0.15) is 52.7 Å². The number of alkyl halides is 1. The molecule has 11 N–H and O–H groups in total. The first kappa shape index (κ1) is 96.6. The highest BCUT2D eigenvalue weighted by Crippen LogP contribution is 2.54. The van der Waals surface area contributed by atoms with Gasteiger partial charge < -0.3 is 56.2 Å². The molecular formula is C100H159FO11. The average Bonchev–Trinajstić information content (AvgIpc) is 0.793. The van der Waals surface area contributed by atoms with Crippen molar-refractivity contribution in [3.8, 4) is 46.0 Å². The summed E-state index contributed by atoms with van der Waals surface area (Å²) in [5.41, 5.74) is 9.68. The number of aliphatic hydroxyl groups excluding tert-OH is 3. The lowest BCUT2D eigenvalue weighted by Crippen LogP contribution is -2.29. The molecule has 4 aliphatic rings. The van der Waals surface area contributed by atoms with Crippen molar-refractivity contribution in [1.29, 1.82) is 0 Å². The Balaban J connectivity index is 0.000000267. The quantitative estimate of drug-likeness (QED) is 0.0154. The second kappa shape index (κ2) is 45.0. The fourth-order valence-electron chi connectivity index (χ4n) is 18.6. The minimum absolute atomic E-state index is 0.0473. The minimum atomic E-state index is -0.453. The van der Waals surface area contributed by atoms with Gasteiger partial charge in [0, 0.05) is 45.9 Å². The lowest BCUT2D eigenvalue weighted by atomic mass is 9.70. The van der Waals surface area contributed by atoms with Crippen LogP contribution in [0.3, 0.4) is 0 Å². The van der Waals surface area contributed by atoms with Crippen molar-refractivity contribution in [2.45, 2.75) is 370 Å². The van der Waals surface area contributed by atoms with Crippen molar-refractivity contribution in [3.05, 3.63) is 140 Å². The van der Waals surface area contributed by atoms with Crippen molar-refractivity contribution in [2.24, 2.45) is 47.3 Å². The largest absolute Gasteiger partial charge is 0.507 e. The maximum Gasteiger partial charge on any atom is 0.123 e. The van der Waals surface area contributed by atoms with Gasteiger partial charge in [-0.3, -0.25) is 0 Å². The topological polar surface area (TPSA) is 223 Å². The summed E-state index contributed by atoms with van der Waals surface area (Å²) in [6.07, 6.45) is 37.2. The molecule has 0 spiro atoms. The molecule has 632 valence electrons. The number of unbranched alkanes of at least 4 members (excludes halogenated alkanes) is 12. The summed E-state index contributed by atoms with van der Waals surface area (Å²) in [6.45, 7) is 45.3. The zero-order chi connectivity index (χ0) is 83.8. The van der Waals surface area contributed by atoms with Crippen LogP contribution in [0.15, 0.2) is 95.1 Å². The van der Waals surface area contributed by atoms with Gasteiger partial charge in [-0.05, 0) is 240 Å². The fourth-order valence-corrected chi connectivity index (χ4v) is 18.6. The number of benzene rings is 4. The molecule has 112 heavy (non-hydrogen) atoms.